The van der Waals surface area contributed by atoms with Gasteiger partial charge < -0.3 is 4.74 Å². The number of ether oxygens (including phenoxy) is 1. The largest absolute Gasteiger partial charge is 0.466 e. The van der Waals surface area contributed by atoms with E-state index in [1.165, 1.54) is 12.8 Å². The van der Waals surface area contributed by atoms with Gasteiger partial charge in [-0.05, 0) is 25.8 Å². The summed E-state index contributed by atoms with van der Waals surface area (Å²) in [6, 6.07) is 0. The lowest BCUT2D eigenvalue weighted by atomic mass is 10.1. The molecule has 1 fully saturated rings. The molecular formula is C12H21NO3. The van der Waals surface area contributed by atoms with E-state index in [9.17, 15) is 9.59 Å². The number of carbonyl (C=O) groups is 2. The number of hydrogen-bond acceptors (Lipinski definition) is 4. The number of hydrogen-bond donors (Lipinski definition) is 0. The first-order valence-electron chi connectivity index (χ1n) is 6.05. The first-order chi connectivity index (χ1) is 7.65. The van der Waals surface area contributed by atoms with Gasteiger partial charge in [-0.3, -0.25) is 14.5 Å². The van der Waals surface area contributed by atoms with E-state index in [0.29, 0.717) is 13.2 Å². The highest BCUT2D eigenvalue weighted by molar-refractivity contribution is 5.96. The second kappa shape index (κ2) is 6.63. The molecule has 0 aromatic heterocycles. The third kappa shape index (κ3) is 4.31. The van der Waals surface area contributed by atoms with Gasteiger partial charge in [-0.15, -0.1) is 0 Å². The van der Waals surface area contributed by atoms with Gasteiger partial charge in [-0.1, -0.05) is 13.3 Å². The molecule has 0 aliphatic carbocycles. The molecule has 1 unspecified atom stereocenters. The van der Waals surface area contributed by atoms with Gasteiger partial charge >= 0.3 is 5.97 Å². The van der Waals surface area contributed by atoms with E-state index in [2.05, 4.69) is 11.8 Å². The Labute approximate surface area is 96.9 Å². The van der Waals surface area contributed by atoms with E-state index < -0.39 is 5.97 Å². The Balaban J connectivity index is 2.22. The first kappa shape index (κ1) is 13.2. The molecule has 1 rings (SSSR count). The molecule has 0 spiro atoms. The first-order valence-corrected chi connectivity index (χ1v) is 6.05. The summed E-state index contributed by atoms with van der Waals surface area (Å²) in [6.07, 6.45) is 2.26. The number of ketones is 1. The molecule has 0 N–H and O–H groups in total. The SMILES string of the molecule is CCOC(=O)CC(=O)CN1CCC(CC)C1. The minimum Gasteiger partial charge on any atom is -0.466 e. The zero-order valence-electron chi connectivity index (χ0n) is 10.2. The van der Waals surface area contributed by atoms with Crippen molar-refractivity contribution in [3.05, 3.63) is 0 Å². The van der Waals surface area contributed by atoms with Crippen molar-refractivity contribution in [2.45, 2.75) is 33.1 Å². The van der Waals surface area contributed by atoms with Crippen LogP contribution in [0.2, 0.25) is 0 Å². The summed E-state index contributed by atoms with van der Waals surface area (Å²) in [5, 5.41) is 0. The van der Waals surface area contributed by atoms with Gasteiger partial charge in [-0.25, -0.2) is 0 Å². The van der Waals surface area contributed by atoms with Gasteiger partial charge in [0.05, 0.1) is 13.2 Å². The average molecular weight is 227 g/mol. The van der Waals surface area contributed by atoms with Crippen LogP contribution in [0.15, 0.2) is 0 Å². The quantitative estimate of drug-likeness (QED) is 0.506. The van der Waals surface area contributed by atoms with Crippen molar-refractivity contribution in [2.24, 2.45) is 5.92 Å². The smallest absolute Gasteiger partial charge is 0.313 e. The third-order valence-electron chi connectivity index (χ3n) is 2.99. The second-order valence-electron chi connectivity index (χ2n) is 4.32. The standard InChI is InChI=1S/C12H21NO3/c1-3-10-5-6-13(8-10)9-11(14)7-12(15)16-4-2/h10H,3-9H2,1-2H3. The summed E-state index contributed by atoms with van der Waals surface area (Å²) in [6.45, 7) is 6.63. The van der Waals surface area contributed by atoms with Crippen LogP contribution in [-0.2, 0) is 14.3 Å². The lowest BCUT2D eigenvalue weighted by Gasteiger charge is -2.14. The van der Waals surface area contributed by atoms with Gasteiger partial charge in [0.2, 0.25) is 0 Å². The van der Waals surface area contributed by atoms with Crippen molar-refractivity contribution in [3.63, 3.8) is 0 Å². The summed E-state index contributed by atoms with van der Waals surface area (Å²) >= 11 is 0. The summed E-state index contributed by atoms with van der Waals surface area (Å²) in [5.41, 5.74) is 0. The Morgan fingerprint density at radius 2 is 2.12 bits per heavy atom. The zero-order chi connectivity index (χ0) is 12.0. The molecular weight excluding hydrogens is 206 g/mol. The average Bonchev–Trinajstić information content (AvgIpc) is 2.65. The maximum atomic E-state index is 11.5. The Kier molecular flexibility index (Phi) is 5.46. The molecule has 1 saturated heterocycles. The molecule has 92 valence electrons. The molecule has 1 heterocycles. The molecule has 0 aromatic carbocycles. The van der Waals surface area contributed by atoms with Crippen LogP contribution in [0.3, 0.4) is 0 Å². The van der Waals surface area contributed by atoms with Gasteiger partial charge in [0.1, 0.15) is 6.42 Å². The topological polar surface area (TPSA) is 46.6 Å². The zero-order valence-corrected chi connectivity index (χ0v) is 10.2. The normalized spacial score (nSPS) is 21.0. The lowest BCUT2D eigenvalue weighted by Crippen LogP contribution is -2.29. The lowest BCUT2D eigenvalue weighted by molar-refractivity contribution is -0.145. The summed E-state index contributed by atoms with van der Waals surface area (Å²) in [5.74, 6) is 0.282. The van der Waals surface area contributed by atoms with E-state index >= 15 is 0 Å². The van der Waals surface area contributed by atoms with Gasteiger partial charge in [0, 0.05) is 6.54 Å². The molecule has 16 heavy (non-hydrogen) atoms. The Hall–Kier alpha value is -0.900. The van der Waals surface area contributed by atoms with Crippen molar-refractivity contribution < 1.29 is 14.3 Å². The van der Waals surface area contributed by atoms with Crippen LogP contribution in [0, 0.1) is 5.92 Å². The highest BCUT2D eigenvalue weighted by Crippen LogP contribution is 2.18. The van der Waals surface area contributed by atoms with Crippen LogP contribution in [0.4, 0.5) is 0 Å². The van der Waals surface area contributed by atoms with Gasteiger partial charge in [0.15, 0.2) is 5.78 Å². The molecule has 1 atom stereocenters. The van der Waals surface area contributed by atoms with Crippen molar-refractivity contribution in [1.82, 2.24) is 4.90 Å². The van der Waals surface area contributed by atoms with Crippen LogP contribution < -0.4 is 0 Å². The Morgan fingerprint density at radius 3 is 2.69 bits per heavy atom. The molecule has 1 aliphatic heterocycles. The van der Waals surface area contributed by atoms with Crippen molar-refractivity contribution in [2.75, 3.05) is 26.2 Å². The van der Waals surface area contributed by atoms with Crippen LogP contribution in [-0.4, -0.2) is 42.9 Å². The number of likely N-dealkylation sites (tertiary alicyclic amines) is 1. The van der Waals surface area contributed by atoms with E-state index in [-0.39, 0.29) is 12.2 Å². The van der Waals surface area contributed by atoms with Crippen LogP contribution in [0.1, 0.15) is 33.1 Å². The fourth-order valence-corrected chi connectivity index (χ4v) is 2.07. The van der Waals surface area contributed by atoms with Gasteiger partial charge in [0.25, 0.3) is 0 Å². The Morgan fingerprint density at radius 1 is 1.38 bits per heavy atom. The number of nitrogens with zero attached hydrogens (tertiary/aromatic N) is 1. The van der Waals surface area contributed by atoms with Crippen molar-refractivity contribution >= 4 is 11.8 Å². The predicted molar refractivity (Wildman–Crippen MR) is 61.1 cm³/mol. The van der Waals surface area contributed by atoms with Crippen molar-refractivity contribution in [3.8, 4) is 0 Å². The van der Waals surface area contributed by atoms with E-state index in [1.807, 2.05) is 0 Å². The molecule has 0 aromatic rings. The molecule has 0 amide bonds. The molecule has 4 nitrogen and oxygen atoms in total. The fraction of sp³-hybridized carbons (Fsp3) is 0.833. The maximum absolute atomic E-state index is 11.5. The molecule has 1 aliphatic rings. The third-order valence-corrected chi connectivity index (χ3v) is 2.99. The number of esters is 1. The number of carbonyl (C=O) groups excluding carboxylic acids is 2. The van der Waals surface area contributed by atoms with Crippen LogP contribution >= 0.6 is 0 Å². The second-order valence-corrected chi connectivity index (χ2v) is 4.32. The molecule has 0 radical (unpaired) electrons. The Bertz CT molecular complexity index is 253. The minimum absolute atomic E-state index is 0.0322. The van der Waals surface area contributed by atoms with E-state index in [1.54, 1.807) is 6.92 Å². The molecule has 0 bridgehead atoms. The minimum atomic E-state index is -0.404. The summed E-state index contributed by atoms with van der Waals surface area (Å²) < 4.78 is 4.74. The van der Waals surface area contributed by atoms with Gasteiger partial charge in [-0.2, -0.15) is 0 Å². The van der Waals surface area contributed by atoms with Crippen LogP contribution in [0.5, 0.6) is 0 Å². The highest BCUT2D eigenvalue weighted by Gasteiger charge is 2.23. The summed E-state index contributed by atoms with van der Waals surface area (Å²) in [4.78, 5) is 24.8. The van der Waals surface area contributed by atoms with Crippen molar-refractivity contribution in [1.29, 1.82) is 0 Å². The number of Topliss-reactive ketones (excluding diaryl/α,β-unsaturated/α-hetero) is 1. The van der Waals surface area contributed by atoms with Crippen LogP contribution in [0.25, 0.3) is 0 Å². The van der Waals surface area contributed by atoms with E-state index in [4.69, 9.17) is 4.74 Å². The molecule has 0 saturated carbocycles. The maximum Gasteiger partial charge on any atom is 0.313 e. The predicted octanol–water partition coefficient (Wildman–Crippen LogP) is 1.24. The summed E-state index contributed by atoms with van der Waals surface area (Å²) in [7, 11) is 0. The fourth-order valence-electron chi connectivity index (χ4n) is 2.07. The number of rotatable bonds is 6. The highest BCUT2D eigenvalue weighted by atomic mass is 16.5. The monoisotopic (exact) mass is 227 g/mol. The molecule has 4 heteroatoms. The van der Waals surface area contributed by atoms with E-state index in [0.717, 1.165) is 19.0 Å².